The van der Waals surface area contributed by atoms with Crippen LogP contribution in [0.15, 0.2) is 158 Å². The van der Waals surface area contributed by atoms with Crippen molar-refractivity contribution in [2.75, 3.05) is 105 Å². The number of ketones is 3. The Hall–Kier alpha value is -7.14. The van der Waals surface area contributed by atoms with Crippen molar-refractivity contribution in [2.45, 2.75) is 118 Å². The van der Waals surface area contributed by atoms with Crippen LogP contribution >= 0.6 is 0 Å². The van der Waals surface area contributed by atoms with Crippen LogP contribution in [0.2, 0.25) is 0 Å². The first kappa shape index (κ1) is 69.6. The molecule has 6 aromatic rings. The van der Waals surface area contributed by atoms with E-state index in [1.807, 2.05) is 146 Å². The Morgan fingerprint density at radius 1 is 0.430 bits per heavy atom. The summed E-state index contributed by atoms with van der Waals surface area (Å²) in [6.45, 7) is 27.3. The van der Waals surface area contributed by atoms with Gasteiger partial charge in [0.1, 0.15) is 23.0 Å². The number of ether oxygens (including phenoxy) is 4. The summed E-state index contributed by atoms with van der Waals surface area (Å²) in [7, 11) is 0. The summed E-state index contributed by atoms with van der Waals surface area (Å²) < 4.78 is 22.9. The molecule has 2 saturated heterocycles. The second-order valence-corrected chi connectivity index (χ2v) is 21.9. The third-order valence-electron chi connectivity index (χ3n) is 15.5. The van der Waals surface area contributed by atoms with Crippen molar-refractivity contribution in [3.05, 3.63) is 191 Å². The van der Waals surface area contributed by atoms with Gasteiger partial charge in [-0.1, -0.05) is 88.4 Å². The van der Waals surface area contributed by atoms with E-state index in [0.29, 0.717) is 23.1 Å². The molecule has 0 aromatic heterocycles. The normalized spacial score (nSPS) is 12.9. The lowest BCUT2D eigenvalue weighted by Crippen LogP contribution is -2.25. The third-order valence-corrected chi connectivity index (χ3v) is 15.5. The van der Waals surface area contributed by atoms with E-state index in [9.17, 15) is 14.4 Å². The minimum absolute atomic E-state index is 0.0501. The van der Waals surface area contributed by atoms with Crippen molar-refractivity contribution < 1.29 is 33.3 Å². The Labute approximate surface area is 516 Å². The number of benzene rings is 6. The molecular weight excluding hydrogens is 1070 g/mol. The van der Waals surface area contributed by atoms with E-state index in [1.54, 1.807) is 19.1 Å². The average Bonchev–Trinajstić information content (AvgIpc) is 4.42. The number of Topliss-reactive ketones (excluding diaryl/α,β-unsaturated/α-hetero) is 2. The van der Waals surface area contributed by atoms with Gasteiger partial charge in [-0.2, -0.15) is 5.26 Å². The molecule has 462 valence electrons. The molecular formula is C74H99N5O7. The summed E-state index contributed by atoms with van der Waals surface area (Å²) in [6.07, 6.45) is 15.1. The lowest BCUT2D eigenvalue weighted by Gasteiger charge is -2.17. The maximum Gasteiger partial charge on any atom is 0.193 e. The number of hydrogen-bond acceptors (Lipinski definition) is 12. The smallest absolute Gasteiger partial charge is 0.193 e. The van der Waals surface area contributed by atoms with Crippen molar-refractivity contribution in [1.29, 1.82) is 5.26 Å². The average molecular weight is 1170 g/mol. The lowest BCUT2D eigenvalue weighted by molar-refractivity contribution is 0.0989. The summed E-state index contributed by atoms with van der Waals surface area (Å²) in [5.41, 5.74) is 4.60. The van der Waals surface area contributed by atoms with Crippen molar-refractivity contribution in [3.8, 4) is 29.1 Å². The molecule has 0 radical (unpaired) electrons. The van der Waals surface area contributed by atoms with Gasteiger partial charge in [0.25, 0.3) is 0 Å². The van der Waals surface area contributed by atoms with E-state index in [-0.39, 0.29) is 17.3 Å². The van der Waals surface area contributed by atoms with Gasteiger partial charge in [0.05, 0.1) is 38.1 Å². The minimum atomic E-state index is 0.0501. The van der Waals surface area contributed by atoms with Crippen LogP contribution < -0.4 is 18.9 Å². The molecule has 0 atom stereocenters. The molecule has 2 aliphatic heterocycles. The molecule has 2 aliphatic rings. The van der Waals surface area contributed by atoms with Crippen molar-refractivity contribution >= 4 is 17.3 Å². The topological polar surface area (TPSA) is 125 Å². The number of likely N-dealkylation sites (tertiary alicyclic amines) is 2. The van der Waals surface area contributed by atoms with Gasteiger partial charge in [-0.3, -0.25) is 14.4 Å². The molecule has 0 unspecified atom stereocenters. The van der Waals surface area contributed by atoms with Crippen LogP contribution in [0, 0.1) is 11.3 Å². The Morgan fingerprint density at radius 3 is 1.19 bits per heavy atom. The molecule has 2 fully saturated rings. The Kier molecular flexibility index (Phi) is 34.5. The molecule has 0 aliphatic carbocycles. The number of rotatable bonds is 34. The number of carbonyl (C=O) groups excluding carboxylic acids is 3. The van der Waals surface area contributed by atoms with Gasteiger partial charge in [0.15, 0.2) is 17.3 Å². The van der Waals surface area contributed by atoms with Gasteiger partial charge < -0.3 is 38.5 Å². The van der Waals surface area contributed by atoms with Gasteiger partial charge in [-0.05, 0) is 252 Å². The number of hydrogen-bond donors (Lipinski definition) is 0. The summed E-state index contributed by atoms with van der Waals surface area (Å²) in [6, 6.07) is 50.9. The van der Waals surface area contributed by atoms with Crippen LogP contribution in [-0.2, 0) is 6.42 Å². The zero-order valence-electron chi connectivity index (χ0n) is 52.6. The molecule has 8 rings (SSSR count). The molecule has 12 nitrogen and oxygen atoms in total. The number of unbranched alkanes of at least 4 members (excludes halogenated alkanes) is 4. The predicted molar refractivity (Wildman–Crippen MR) is 351 cm³/mol. The Morgan fingerprint density at radius 2 is 0.791 bits per heavy atom. The molecule has 2 heterocycles. The van der Waals surface area contributed by atoms with E-state index in [4.69, 9.17) is 24.2 Å². The molecule has 0 bridgehead atoms. The van der Waals surface area contributed by atoms with Gasteiger partial charge in [0.2, 0.25) is 0 Å². The number of nitriles is 1. The van der Waals surface area contributed by atoms with E-state index in [0.717, 1.165) is 131 Å². The highest BCUT2D eigenvalue weighted by atomic mass is 16.5. The first-order chi connectivity index (χ1) is 42.1. The SMILES string of the molecule is CCN(CC)CCCOc1ccc(C#N)cc1.CCN(CC)CCCOc1ccc(C(C)=O)cc1.O=C(Cc1ccccc1)c1ccc(OCCCCCN2CCCC2)cc1.O=C(c1ccccc1)c1ccc(OCCCCCN2CCCC2)cc1. The summed E-state index contributed by atoms with van der Waals surface area (Å²) >= 11 is 0. The molecule has 0 saturated carbocycles. The third kappa shape index (κ3) is 28.4. The lowest BCUT2D eigenvalue weighted by atomic mass is 10.0. The first-order valence-electron chi connectivity index (χ1n) is 32.0. The van der Waals surface area contributed by atoms with Gasteiger partial charge in [0, 0.05) is 41.8 Å². The minimum Gasteiger partial charge on any atom is -0.494 e. The van der Waals surface area contributed by atoms with Crippen LogP contribution in [0.1, 0.15) is 159 Å². The van der Waals surface area contributed by atoms with Crippen LogP contribution in [0.25, 0.3) is 0 Å². The van der Waals surface area contributed by atoms with Crippen LogP contribution in [0.4, 0.5) is 0 Å². The number of nitrogens with zero attached hydrogens (tertiary/aromatic N) is 5. The van der Waals surface area contributed by atoms with Crippen LogP contribution in [0.3, 0.4) is 0 Å². The first-order valence-corrected chi connectivity index (χ1v) is 32.0. The van der Waals surface area contributed by atoms with E-state index >= 15 is 0 Å². The quantitative estimate of drug-likeness (QED) is 0.0282. The Bertz CT molecular complexity index is 2770. The zero-order valence-corrected chi connectivity index (χ0v) is 52.6. The molecule has 6 aromatic carbocycles. The highest BCUT2D eigenvalue weighted by molar-refractivity contribution is 6.09. The summed E-state index contributed by atoms with van der Waals surface area (Å²) in [4.78, 5) is 45.7. The fourth-order valence-corrected chi connectivity index (χ4v) is 10.1. The molecule has 0 N–H and O–H groups in total. The van der Waals surface area contributed by atoms with Gasteiger partial charge in [-0.15, -0.1) is 0 Å². The fraction of sp³-hybridized carbons (Fsp3) is 0.459. The van der Waals surface area contributed by atoms with E-state index < -0.39 is 0 Å². The maximum atomic E-state index is 12.4. The predicted octanol–water partition coefficient (Wildman–Crippen LogP) is 15.0. The second kappa shape index (κ2) is 42.6. The zero-order chi connectivity index (χ0) is 61.2. The largest absolute Gasteiger partial charge is 0.494 e. The maximum absolute atomic E-state index is 12.4. The van der Waals surface area contributed by atoms with E-state index in [1.165, 1.54) is 90.6 Å². The standard InChI is InChI=1S/C23H29NO2.C22H27NO2.C15H23NO2.C14H20N2O/c25-23(19-20-9-3-1-4-10-20)21-11-13-22(14-12-21)26-18-8-2-5-15-24-16-6-7-17-24;24-22(19-9-3-1-4-10-19)20-11-13-21(14-12-20)25-18-8-2-5-15-23-16-6-7-17-23;1-4-16(5-2)11-6-12-18-15-9-7-14(8-10-15)13(3)17;1-3-16(4-2)10-5-11-17-14-8-6-13(12-15)7-9-14/h1,3-4,9-14H,2,5-8,15-19H2;1,3-4,9-14H,2,5-8,15-18H2;7-10H,4-6,11-12H2,1-3H3;6-9H,3-5,10-11H2,1-2H3. The van der Waals surface area contributed by atoms with Crippen LogP contribution in [-0.4, -0.2) is 142 Å². The molecule has 0 spiro atoms. The number of carbonyl (C=O) groups is 3. The monoisotopic (exact) mass is 1170 g/mol. The Balaban J connectivity index is 0.000000213. The van der Waals surface area contributed by atoms with Gasteiger partial charge >= 0.3 is 0 Å². The van der Waals surface area contributed by atoms with Crippen molar-refractivity contribution in [3.63, 3.8) is 0 Å². The van der Waals surface area contributed by atoms with Crippen molar-refractivity contribution in [2.24, 2.45) is 0 Å². The fourth-order valence-electron chi connectivity index (χ4n) is 10.1. The summed E-state index contributed by atoms with van der Waals surface area (Å²) in [5, 5.41) is 8.66. The van der Waals surface area contributed by atoms with Gasteiger partial charge in [-0.25, -0.2) is 0 Å². The second-order valence-electron chi connectivity index (χ2n) is 21.9. The molecule has 0 amide bonds. The summed E-state index contributed by atoms with van der Waals surface area (Å²) in [5.74, 6) is 3.63. The van der Waals surface area contributed by atoms with Crippen LogP contribution in [0.5, 0.6) is 23.0 Å². The van der Waals surface area contributed by atoms with E-state index in [2.05, 4.69) is 53.4 Å². The highest BCUT2D eigenvalue weighted by Crippen LogP contribution is 2.19. The highest BCUT2D eigenvalue weighted by Gasteiger charge is 2.13. The van der Waals surface area contributed by atoms with Crippen molar-refractivity contribution in [1.82, 2.24) is 19.6 Å². The molecule has 86 heavy (non-hydrogen) atoms. The molecule has 12 heteroatoms.